The fourth-order valence-corrected chi connectivity index (χ4v) is 2.20. The number of benzene rings is 2. The van der Waals surface area contributed by atoms with Gasteiger partial charge in [0.1, 0.15) is 0 Å². The molecule has 0 aliphatic carbocycles. The molecule has 0 saturated heterocycles. The highest BCUT2D eigenvalue weighted by Gasteiger charge is 1.97. The lowest BCUT2D eigenvalue weighted by Gasteiger charge is -2.08. The minimum absolute atomic E-state index is 0.833. The largest absolute Gasteiger partial charge is 0.381 e. The molecule has 94 valence electrons. The van der Waals surface area contributed by atoms with Crippen LogP contribution in [0.2, 0.25) is 0 Å². The third-order valence-corrected chi connectivity index (χ3v) is 3.19. The van der Waals surface area contributed by atoms with E-state index in [0.29, 0.717) is 0 Å². The van der Waals surface area contributed by atoms with E-state index >= 15 is 0 Å². The van der Waals surface area contributed by atoms with Gasteiger partial charge in [0.05, 0.1) is 5.52 Å². The Morgan fingerprint density at radius 1 is 1.00 bits per heavy atom. The molecular formula is C17H16N2. The van der Waals surface area contributed by atoms with E-state index in [9.17, 15) is 0 Å². The zero-order chi connectivity index (χ0) is 13.1. The first-order valence-corrected chi connectivity index (χ1v) is 6.45. The Balaban J connectivity index is 1.78. The molecule has 0 aliphatic rings. The number of anilines is 1. The summed E-state index contributed by atoms with van der Waals surface area (Å²) in [6, 6.07) is 18.9. The van der Waals surface area contributed by atoms with Crippen LogP contribution < -0.4 is 5.32 Å². The number of hydrogen-bond acceptors (Lipinski definition) is 2. The van der Waals surface area contributed by atoms with Crippen molar-refractivity contribution in [1.29, 1.82) is 0 Å². The molecule has 2 heteroatoms. The smallest absolute Gasteiger partial charge is 0.0722 e. The van der Waals surface area contributed by atoms with E-state index in [1.165, 1.54) is 16.5 Å². The molecule has 0 saturated carbocycles. The predicted octanol–water partition coefficient (Wildman–Crippen LogP) is 4.16. The number of aromatic nitrogens is 1. The molecule has 2 nitrogen and oxygen atoms in total. The van der Waals surface area contributed by atoms with Crippen LogP contribution in [0.1, 0.15) is 11.1 Å². The molecule has 0 fully saturated rings. The van der Waals surface area contributed by atoms with E-state index in [1.807, 2.05) is 12.3 Å². The zero-order valence-corrected chi connectivity index (χ0v) is 10.9. The van der Waals surface area contributed by atoms with Crippen LogP contribution in [0.4, 0.5) is 5.69 Å². The molecule has 3 rings (SSSR count). The maximum absolute atomic E-state index is 4.37. The number of nitrogens with zero attached hydrogens (tertiary/aromatic N) is 1. The molecule has 0 aliphatic heterocycles. The minimum atomic E-state index is 0.833. The van der Waals surface area contributed by atoms with Crippen molar-refractivity contribution in [3.8, 4) is 0 Å². The fraction of sp³-hybridized carbons (Fsp3) is 0.118. The summed E-state index contributed by atoms with van der Waals surface area (Å²) in [5.74, 6) is 0. The van der Waals surface area contributed by atoms with E-state index in [2.05, 4.69) is 65.8 Å². The molecule has 2 aromatic carbocycles. The summed E-state index contributed by atoms with van der Waals surface area (Å²) in [4.78, 5) is 4.37. The lowest BCUT2D eigenvalue weighted by atomic mass is 10.1. The second kappa shape index (κ2) is 5.11. The van der Waals surface area contributed by atoms with E-state index in [-0.39, 0.29) is 0 Å². The number of hydrogen-bond donors (Lipinski definition) is 1. The Hall–Kier alpha value is -2.35. The van der Waals surface area contributed by atoms with Crippen LogP contribution >= 0.6 is 0 Å². The van der Waals surface area contributed by atoms with E-state index in [0.717, 1.165) is 17.7 Å². The second-order valence-electron chi connectivity index (χ2n) is 4.75. The first-order valence-electron chi connectivity index (χ1n) is 6.45. The van der Waals surface area contributed by atoms with Crippen molar-refractivity contribution in [2.24, 2.45) is 0 Å². The van der Waals surface area contributed by atoms with Gasteiger partial charge in [0, 0.05) is 23.8 Å². The molecule has 0 unspecified atom stereocenters. The van der Waals surface area contributed by atoms with Crippen molar-refractivity contribution in [3.05, 3.63) is 71.9 Å². The third kappa shape index (κ3) is 2.74. The first-order chi connectivity index (χ1) is 9.31. The number of pyridine rings is 1. The molecule has 1 heterocycles. The van der Waals surface area contributed by atoms with Crippen molar-refractivity contribution >= 4 is 16.6 Å². The summed E-state index contributed by atoms with van der Waals surface area (Å²) < 4.78 is 0. The highest BCUT2D eigenvalue weighted by Crippen LogP contribution is 2.17. The lowest BCUT2D eigenvalue weighted by molar-refractivity contribution is 1.14. The van der Waals surface area contributed by atoms with Crippen molar-refractivity contribution in [3.63, 3.8) is 0 Å². The van der Waals surface area contributed by atoms with Gasteiger partial charge in [0.15, 0.2) is 0 Å². The van der Waals surface area contributed by atoms with Crippen LogP contribution in [0.25, 0.3) is 10.9 Å². The van der Waals surface area contributed by atoms with E-state index in [4.69, 9.17) is 0 Å². The maximum Gasteiger partial charge on any atom is 0.0722 e. The van der Waals surface area contributed by atoms with Gasteiger partial charge in [0.2, 0.25) is 0 Å². The molecule has 0 radical (unpaired) electrons. The van der Waals surface area contributed by atoms with Crippen molar-refractivity contribution in [2.75, 3.05) is 5.32 Å². The van der Waals surface area contributed by atoms with Gasteiger partial charge in [-0.05, 0) is 30.7 Å². The molecule has 0 spiro atoms. The highest BCUT2D eigenvalue weighted by atomic mass is 14.9. The van der Waals surface area contributed by atoms with Crippen LogP contribution in [0, 0.1) is 6.92 Å². The molecule has 0 atom stereocenters. The molecule has 19 heavy (non-hydrogen) atoms. The molecule has 0 amide bonds. The Bertz CT molecular complexity index is 704. The van der Waals surface area contributed by atoms with E-state index in [1.54, 1.807) is 0 Å². The fourth-order valence-electron chi connectivity index (χ4n) is 2.20. The van der Waals surface area contributed by atoms with Gasteiger partial charge in [-0.25, -0.2) is 0 Å². The number of fused-ring (bicyclic) bond motifs is 1. The SMILES string of the molecule is Cc1cccc(CNc2ccc3cccnc3c2)c1. The van der Waals surface area contributed by atoms with Crippen LogP contribution in [-0.2, 0) is 6.54 Å². The molecule has 1 aromatic heterocycles. The molecule has 0 bridgehead atoms. The standard InChI is InChI=1S/C17H16N2/c1-13-4-2-5-14(10-13)12-19-16-8-7-15-6-3-9-18-17(15)11-16/h2-11,19H,12H2,1H3. The summed E-state index contributed by atoms with van der Waals surface area (Å²) in [5.41, 5.74) is 4.71. The summed E-state index contributed by atoms with van der Waals surface area (Å²) in [5, 5.41) is 4.61. The Morgan fingerprint density at radius 3 is 2.84 bits per heavy atom. The summed E-state index contributed by atoms with van der Waals surface area (Å²) >= 11 is 0. The van der Waals surface area contributed by atoms with Gasteiger partial charge in [-0.2, -0.15) is 0 Å². The van der Waals surface area contributed by atoms with Gasteiger partial charge in [-0.15, -0.1) is 0 Å². The second-order valence-corrected chi connectivity index (χ2v) is 4.75. The topological polar surface area (TPSA) is 24.9 Å². The predicted molar refractivity (Wildman–Crippen MR) is 80.2 cm³/mol. The third-order valence-electron chi connectivity index (χ3n) is 3.19. The number of rotatable bonds is 3. The minimum Gasteiger partial charge on any atom is -0.381 e. The van der Waals surface area contributed by atoms with E-state index < -0.39 is 0 Å². The van der Waals surface area contributed by atoms with Crippen LogP contribution in [0.3, 0.4) is 0 Å². The molecule has 3 aromatic rings. The Labute approximate surface area is 113 Å². The van der Waals surface area contributed by atoms with Gasteiger partial charge >= 0.3 is 0 Å². The number of aryl methyl sites for hydroxylation is 1. The van der Waals surface area contributed by atoms with Crippen molar-refractivity contribution in [2.45, 2.75) is 13.5 Å². The average Bonchev–Trinajstić information content (AvgIpc) is 2.45. The Morgan fingerprint density at radius 2 is 1.95 bits per heavy atom. The van der Waals surface area contributed by atoms with Gasteiger partial charge in [-0.3, -0.25) is 4.98 Å². The van der Waals surface area contributed by atoms with Crippen molar-refractivity contribution < 1.29 is 0 Å². The van der Waals surface area contributed by atoms with Crippen LogP contribution in [-0.4, -0.2) is 4.98 Å². The summed E-state index contributed by atoms with van der Waals surface area (Å²) in [6.45, 7) is 2.95. The monoisotopic (exact) mass is 248 g/mol. The maximum atomic E-state index is 4.37. The van der Waals surface area contributed by atoms with Crippen molar-refractivity contribution in [1.82, 2.24) is 4.98 Å². The Kier molecular flexibility index (Phi) is 3.15. The van der Waals surface area contributed by atoms with Gasteiger partial charge < -0.3 is 5.32 Å². The summed E-state index contributed by atoms with van der Waals surface area (Å²) in [7, 11) is 0. The van der Waals surface area contributed by atoms with Gasteiger partial charge in [0.25, 0.3) is 0 Å². The quantitative estimate of drug-likeness (QED) is 0.753. The number of nitrogens with one attached hydrogen (secondary N) is 1. The lowest BCUT2D eigenvalue weighted by Crippen LogP contribution is -1.99. The highest BCUT2D eigenvalue weighted by molar-refractivity contribution is 5.81. The zero-order valence-electron chi connectivity index (χ0n) is 10.9. The van der Waals surface area contributed by atoms with Gasteiger partial charge in [-0.1, -0.05) is 42.0 Å². The van der Waals surface area contributed by atoms with Crippen LogP contribution in [0.15, 0.2) is 60.8 Å². The van der Waals surface area contributed by atoms with Crippen LogP contribution in [0.5, 0.6) is 0 Å². The summed E-state index contributed by atoms with van der Waals surface area (Å²) in [6.07, 6.45) is 1.83. The normalized spacial score (nSPS) is 10.6. The average molecular weight is 248 g/mol. The molecular weight excluding hydrogens is 232 g/mol. The molecule has 1 N–H and O–H groups in total. The first kappa shape index (κ1) is 11.7.